The van der Waals surface area contributed by atoms with Crippen molar-refractivity contribution in [3.63, 3.8) is 0 Å². The van der Waals surface area contributed by atoms with Crippen molar-refractivity contribution in [2.75, 3.05) is 6.61 Å². The van der Waals surface area contributed by atoms with Crippen molar-refractivity contribution in [2.24, 2.45) is 10.9 Å². The normalized spacial score (nSPS) is 11.7. The van der Waals surface area contributed by atoms with Crippen LogP contribution in [0.15, 0.2) is 17.0 Å². The summed E-state index contributed by atoms with van der Waals surface area (Å²) in [6.45, 7) is 5.61. The molecule has 0 bridgehead atoms. The Kier molecular flexibility index (Phi) is 5.13. The maximum Gasteiger partial charge on any atom is 0.238 e. The van der Waals surface area contributed by atoms with Crippen LogP contribution in [-0.4, -0.2) is 20.9 Å². The van der Waals surface area contributed by atoms with Crippen molar-refractivity contribution in [1.29, 1.82) is 0 Å². The number of hydrogen-bond acceptors (Lipinski definition) is 4. The summed E-state index contributed by atoms with van der Waals surface area (Å²) in [6, 6.07) is 3.14. The van der Waals surface area contributed by atoms with E-state index in [9.17, 15) is 13.2 Å². The lowest BCUT2D eigenvalue weighted by molar-refractivity contribution is -0.118. The number of amides is 1. The molecule has 1 aromatic carbocycles. The molecule has 0 aliphatic heterocycles. The lowest BCUT2D eigenvalue weighted by Gasteiger charge is -2.16. The van der Waals surface area contributed by atoms with Gasteiger partial charge in [0.1, 0.15) is 5.75 Å². The van der Waals surface area contributed by atoms with Crippen molar-refractivity contribution in [3.05, 3.63) is 23.3 Å². The summed E-state index contributed by atoms with van der Waals surface area (Å²) in [7, 11) is -3.78. The number of carbonyl (C=O) groups excluding carboxylic acids is 1. The SMILES string of the molecule is Cc1cc(S(N)(=O)=O)c(C(C)C)cc1OCCC(N)=O. The lowest BCUT2D eigenvalue weighted by atomic mass is 10.0. The Morgan fingerprint density at radius 2 is 1.95 bits per heavy atom. The van der Waals surface area contributed by atoms with Crippen LogP contribution in [0.3, 0.4) is 0 Å². The summed E-state index contributed by atoms with van der Waals surface area (Å²) >= 11 is 0. The first-order valence-corrected chi connectivity index (χ1v) is 7.76. The number of aryl methyl sites for hydroxylation is 1. The van der Waals surface area contributed by atoms with Crippen LogP contribution < -0.4 is 15.6 Å². The molecule has 1 rings (SSSR count). The summed E-state index contributed by atoms with van der Waals surface area (Å²) in [5.41, 5.74) is 6.27. The molecule has 0 aliphatic rings. The first kappa shape index (κ1) is 16.5. The molecule has 0 aliphatic carbocycles. The summed E-state index contributed by atoms with van der Waals surface area (Å²) < 4.78 is 28.7. The topological polar surface area (TPSA) is 112 Å². The molecule has 0 radical (unpaired) electrons. The van der Waals surface area contributed by atoms with E-state index in [2.05, 4.69) is 0 Å². The van der Waals surface area contributed by atoms with E-state index in [1.807, 2.05) is 13.8 Å². The maximum atomic E-state index is 11.6. The fourth-order valence-corrected chi connectivity index (χ4v) is 2.76. The number of carbonyl (C=O) groups is 1. The van der Waals surface area contributed by atoms with Gasteiger partial charge in [-0.15, -0.1) is 0 Å². The zero-order valence-electron chi connectivity index (χ0n) is 11.8. The summed E-state index contributed by atoms with van der Waals surface area (Å²) in [6.07, 6.45) is 0.105. The van der Waals surface area contributed by atoms with Gasteiger partial charge in [-0.1, -0.05) is 13.8 Å². The predicted molar refractivity (Wildman–Crippen MR) is 75.9 cm³/mol. The number of ether oxygens (including phenoxy) is 1. The molecule has 112 valence electrons. The number of primary amides is 1. The third kappa shape index (κ3) is 4.21. The van der Waals surface area contributed by atoms with Gasteiger partial charge in [0.2, 0.25) is 15.9 Å². The van der Waals surface area contributed by atoms with Gasteiger partial charge in [0.05, 0.1) is 17.9 Å². The average Bonchev–Trinajstić information content (AvgIpc) is 2.28. The number of nitrogens with two attached hydrogens (primary N) is 2. The molecule has 0 unspecified atom stereocenters. The van der Waals surface area contributed by atoms with Gasteiger partial charge in [-0.2, -0.15) is 0 Å². The molecule has 6 nitrogen and oxygen atoms in total. The third-order valence-electron chi connectivity index (χ3n) is 2.84. The Labute approximate surface area is 119 Å². The Morgan fingerprint density at radius 1 is 1.35 bits per heavy atom. The Balaban J connectivity index is 3.17. The van der Waals surface area contributed by atoms with Gasteiger partial charge >= 0.3 is 0 Å². The summed E-state index contributed by atoms with van der Waals surface area (Å²) in [4.78, 5) is 10.8. The highest BCUT2D eigenvalue weighted by atomic mass is 32.2. The molecule has 0 saturated heterocycles. The van der Waals surface area contributed by atoms with Crippen LogP contribution in [0.1, 0.15) is 37.3 Å². The van der Waals surface area contributed by atoms with E-state index in [1.165, 1.54) is 6.07 Å². The second kappa shape index (κ2) is 6.23. The van der Waals surface area contributed by atoms with Crippen LogP contribution in [0.5, 0.6) is 5.75 Å². The second-order valence-electron chi connectivity index (χ2n) is 4.92. The molecule has 0 spiro atoms. The van der Waals surface area contributed by atoms with Crippen LogP contribution in [0.4, 0.5) is 0 Å². The largest absolute Gasteiger partial charge is 0.493 e. The van der Waals surface area contributed by atoms with E-state index >= 15 is 0 Å². The molecule has 0 saturated carbocycles. The van der Waals surface area contributed by atoms with Crippen LogP contribution in [0.25, 0.3) is 0 Å². The third-order valence-corrected chi connectivity index (χ3v) is 3.81. The molecule has 20 heavy (non-hydrogen) atoms. The van der Waals surface area contributed by atoms with Gasteiger partial charge in [-0.05, 0) is 36.1 Å². The first-order valence-electron chi connectivity index (χ1n) is 6.21. The van der Waals surface area contributed by atoms with Gasteiger partial charge in [-0.3, -0.25) is 4.79 Å². The monoisotopic (exact) mass is 300 g/mol. The molecule has 1 aromatic rings. The number of sulfonamides is 1. The zero-order chi connectivity index (χ0) is 15.5. The van der Waals surface area contributed by atoms with E-state index in [0.29, 0.717) is 16.9 Å². The molecule has 7 heteroatoms. The molecular weight excluding hydrogens is 280 g/mol. The van der Waals surface area contributed by atoms with Crippen LogP contribution in [-0.2, 0) is 14.8 Å². The van der Waals surface area contributed by atoms with Crippen LogP contribution in [0.2, 0.25) is 0 Å². The molecular formula is C13H20N2O4S. The standard InChI is InChI=1S/C13H20N2O4S/c1-8(2)10-7-11(19-5-4-13(14)16)9(3)6-12(10)20(15,17)18/h6-8H,4-5H2,1-3H3,(H2,14,16)(H2,15,17,18). The number of primary sulfonamides is 1. The molecule has 0 heterocycles. The molecule has 0 fully saturated rings. The number of rotatable bonds is 6. The molecule has 1 amide bonds. The number of hydrogen-bond donors (Lipinski definition) is 2. The fraction of sp³-hybridized carbons (Fsp3) is 0.462. The smallest absolute Gasteiger partial charge is 0.238 e. The van der Waals surface area contributed by atoms with E-state index in [1.54, 1.807) is 13.0 Å². The highest BCUT2D eigenvalue weighted by Gasteiger charge is 2.19. The van der Waals surface area contributed by atoms with Crippen molar-refractivity contribution >= 4 is 15.9 Å². The van der Waals surface area contributed by atoms with Crippen molar-refractivity contribution in [3.8, 4) is 5.75 Å². The Hall–Kier alpha value is -1.60. The van der Waals surface area contributed by atoms with Crippen LogP contribution >= 0.6 is 0 Å². The molecule has 4 N–H and O–H groups in total. The second-order valence-corrected chi connectivity index (χ2v) is 6.45. The average molecular weight is 300 g/mol. The fourth-order valence-electron chi connectivity index (χ4n) is 1.79. The molecule has 0 atom stereocenters. The Bertz CT molecular complexity index is 609. The van der Waals surface area contributed by atoms with E-state index in [0.717, 1.165) is 0 Å². The van der Waals surface area contributed by atoms with E-state index < -0.39 is 15.9 Å². The van der Waals surface area contributed by atoms with Gasteiger partial charge in [0.15, 0.2) is 0 Å². The minimum Gasteiger partial charge on any atom is -0.493 e. The zero-order valence-corrected chi connectivity index (χ0v) is 12.7. The van der Waals surface area contributed by atoms with Gasteiger partial charge in [-0.25, -0.2) is 13.6 Å². The lowest BCUT2D eigenvalue weighted by Crippen LogP contribution is -2.17. The highest BCUT2D eigenvalue weighted by molar-refractivity contribution is 7.89. The maximum absolute atomic E-state index is 11.6. The summed E-state index contributed by atoms with van der Waals surface area (Å²) in [5, 5.41) is 5.22. The predicted octanol–water partition coefficient (Wildman–Crippen LogP) is 1.02. The van der Waals surface area contributed by atoms with Crippen molar-refractivity contribution < 1.29 is 17.9 Å². The minimum atomic E-state index is -3.78. The van der Waals surface area contributed by atoms with Gasteiger partial charge < -0.3 is 10.5 Å². The Morgan fingerprint density at radius 3 is 2.40 bits per heavy atom. The highest BCUT2D eigenvalue weighted by Crippen LogP contribution is 2.30. The first-order chi connectivity index (χ1) is 9.12. The van der Waals surface area contributed by atoms with Crippen molar-refractivity contribution in [1.82, 2.24) is 0 Å². The molecule has 0 aromatic heterocycles. The van der Waals surface area contributed by atoms with E-state index in [-0.39, 0.29) is 23.8 Å². The quantitative estimate of drug-likeness (QED) is 0.816. The number of benzene rings is 1. The van der Waals surface area contributed by atoms with Crippen molar-refractivity contribution in [2.45, 2.75) is 38.0 Å². The summed E-state index contributed by atoms with van der Waals surface area (Å²) in [5.74, 6) is 0.0534. The van der Waals surface area contributed by atoms with E-state index in [4.69, 9.17) is 15.6 Å². The minimum absolute atomic E-state index is 0.0255. The van der Waals surface area contributed by atoms with Gasteiger partial charge in [0.25, 0.3) is 0 Å². The van der Waals surface area contributed by atoms with Gasteiger partial charge in [0, 0.05) is 0 Å². The van der Waals surface area contributed by atoms with Crippen LogP contribution in [0, 0.1) is 6.92 Å².